The molecule has 1 unspecified atom stereocenters. The normalized spacial score (nSPS) is 21.2. The fourth-order valence-electron chi connectivity index (χ4n) is 4.83. The lowest BCUT2D eigenvalue weighted by Gasteiger charge is -2.27. The predicted molar refractivity (Wildman–Crippen MR) is 120 cm³/mol. The van der Waals surface area contributed by atoms with Crippen LogP contribution in [-0.4, -0.2) is 52.6 Å². The molecule has 0 bridgehead atoms. The first-order chi connectivity index (χ1) is 16.0. The van der Waals surface area contributed by atoms with Crippen molar-refractivity contribution in [3.05, 3.63) is 58.9 Å². The summed E-state index contributed by atoms with van der Waals surface area (Å²) in [5.74, 6) is -1.56. The molecule has 170 valence electrons. The third-order valence-electron chi connectivity index (χ3n) is 6.58. The van der Waals surface area contributed by atoms with Crippen molar-refractivity contribution < 1.29 is 19.2 Å². The van der Waals surface area contributed by atoms with Gasteiger partial charge in [0.15, 0.2) is 0 Å². The molecule has 0 saturated carbocycles. The third kappa shape index (κ3) is 4.00. The Bertz CT molecular complexity index is 1140. The molecule has 9 nitrogen and oxygen atoms in total. The zero-order valence-electron chi connectivity index (χ0n) is 18.1. The molecule has 2 saturated heterocycles. The number of amides is 4. The van der Waals surface area contributed by atoms with E-state index in [1.807, 2.05) is 12.1 Å². The van der Waals surface area contributed by atoms with Crippen molar-refractivity contribution in [2.45, 2.75) is 44.2 Å². The standard InChI is InChI=1S/C24H25N5O4/c30-20-5-4-19(22(31)28-20)29-23(32)17-3-1-2-15(21(17)24(29)33)13-27-16-8-11-26-18(12-16)14-6-9-25-10-7-14/h1-3,8,11-12,14,19,25H,4-7,9-10,13H2,(H,26,27)(H,28,30,31). The maximum Gasteiger partial charge on any atom is 0.262 e. The molecule has 4 amide bonds. The molecule has 33 heavy (non-hydrogen) atoms. The van der Waals surface area contributed by atoms with Crippen LogP contribution in [0.1, 0.15) is 63.6 Å². The number of anilines is 1. The van der Waals surface area contributed by atoms with Crippen LogP contribution in [0.3, 0.4) is 0 Å². The molecule has 3 aliphatic rings. The topological polar surface area (TPSA) is 120 Å². The van der Waals surface area contributed by atoms with Gasteiger partial charge in [0.2, 0.25) is 11.8 Å². The van der Waals surface area contributed by atoms with Gasteiger partial charge in [0.05, 0.1) is 11.1 Å². The van der Waals surface area contributed by atoms with Gasteiger partial charge in [0.1, 0.15) is 6.04 Å². The number of aromatic nitrogens is 1. The van der Waals surface area contributed by atoms with Crippen LogP contribution in [0.2, 0.25) is 0 Å². The Hall–Kier alpha value is -3.59. The molecule has 2 fully saturated rings. The second kappa shape index (κ2) is 8.74. The quantitative estimate of drug-likeness (QED) is 0.595. The molecule has 1 aromatic carbocycles. The summed E-state index contributed by atoms with van der Waals surface area (Å²) in [7, 11) is 0. The second-order valence-corrected chi connectivity index (χ2v) is 8.63. The van der Waals surface area contributed by atoms with Crippen molar-refractivity contribution >= 4 is 29.3 Å². The lowest BCUT2D eigenvalue weighted by atomic mass is 9.94. The summed E-state index contributed by atoms with van der Waals surface area (Å²) in [4.78, 5) is 55.5. The molecule has 3 N–H and O–H groups in total. The van der Waals surface area contributed by atoms with Crippen molar-refractivity contribution in [2.24, 2.45) is 0 Å². The lowest BCUT2D eigenvalue weighted by Crippen LogP contribution is -2.54. The van der Waals surface area contributed by atoms with Gasteiger partial charge in [0.25, 0.3) is 11.8 Å². The van der Waals surface area contributed by atoms with Crippen LogP contribution < -0.4 is 16.0 Å². The minimum Gasteiger partial charge on any atom is -0.381 e. The van der Waals surface area contributed by atoms with Crippen molar-refractivity contribution in [3.8, 4) is 0 Å². The van der Waals surface area contributed by atoms with Crippen molar-refractivity contribution in [1.29, 1.82) is 0 Å². The maximum absolute atomic E-state index is 13.2. The van der Waals surface area contributed by atoms with Crippen LogP contribution in [0.15, 0.2) is 36.5 Å². The molecular weight excluding hydrogens is 422 g/mol. The van der Waals surface area contributed by atoms with Crippen molar-refractivity contribution in [2.75, 3.05) is 18.4 Å². The SMILES string of the molecule is O=C1CCC(N2C(=O)c3cccc(CNc4ccnc(C5CCNCC5)c4)c3C2=O)C(=O)N1. The Labute approximate surface area is 190 Å². The number of fused-ring (bicyclic) bond motifs is 1. The molecule has 1 aromatic heterocycles. The van der Waals surface area contributed by atoms with Gasteiger partial charge in [-0.1, -0.05) is 12.1 Å². The summed E-state index contributed by atoms with van der Waals surface area (Å²) in [5.41, 5.74) is 3.23. The number of imide groups is 2. The van der Waals surface area contributed by atoms with Crippen LogP contribution in [-0.2, 0) is 16.1 Å². The van der Waals surface area contributed by atoms with Gasteiger partial charge in [-0.2, -0.15) is 0 Å². The summed E-state index contributed by atoms with van der Waals surface area (Å²) in [6, 6.07) is 8.11. The molecule has 0 spiro atoms. The Morgan fingerprint density at radius 1 is 1.03 bits per heavy atom. The average Bonchev–Trinajstić information content (AvgIpc) is 3.09. The Kier molecular flexibility index (Phi) is 5.63. The van der Waals surface area contributed by atoms with Gasteiger partial charge in [-0.05, 0) is 56.1 Å². The van der Waals surface area contributed by atoms with Gasteiger partial charge in [-0.15, -0.1) is 0 Å². The summed E-state index contributed by atoms with van der Waals surface area (Å²) in [6.45, 7) is 2.32. The molecule has 2 aromatic rings. The number of nitrogens with one attached hydrogen (secondary N) is 3. The largest absolute Gasteiger partial charge is 0.381 e. The summed E-state index contributed by atoms with van der Waals surface area (Å²) in [5, 5.41) is 8.94. The van der Waals surface area contributed by atoms with Gasteiger partial charge in [-0.25, -0.2) is 0 Å². The van der Waals surface area contributed by atoms with Gasteiger partial charge >= 0.3 is 0 Å². The van der Waals surface area contributed by atoms with E-state index in [-0.39, 0.29) is 24.3 Å². The summed E-state index contributed by atoms with van der Waals surface area (Å²) < 4.78 is 0. The van der Waals surface area contributed by atoms with Crippen LogP contribution >= 0.6 is 0 Å². The van der Waals surface area contributed by atoms with E-state index in [4.69, 9.17) is 0 Å². The number of piperidine rings is 2. The minimum absolute atomic E-state index is 0.0969. The fourth-order valence-corrected chi connectivity index (χ4v) is 4.83. The number of benzene rings is 1. The molecule has 9 heteroatoms. The number of nitrogens with zero attached hydrogens (tertiary/aromatic N) is 2. The van der Waals surface area contributed by atoms with E-state index in [9.17, 15) is 19.2 Å². The van der Waals surface area contributed by atoms with E-state index in [1.165, 1.54) is 0 Å². The first-order valence-electron chi connectivity index (χ1n) is 11.3. The number of carbonyl (C=O) groups excluding carboxylic acids is 4. The highest BCUT2D eigenvalue weighted by Crippen LogP contribution is 2.31. The fraction of sp³-hybridized carbons (Fsp3) is 0.375. The zero-order valence-corrected chi connectivity index (χ0v) is 18.1. The number of carbonyl (C=O) groups is 4. The van der Waals surface area contributed by atoms with Crippen LogP contribution in [0.5, 0.6) is 0 Å². The average molecular weight is 447 g/mol. The van der Waals surface area contributed by atoms with Gasteiger partial charge in [0, 0.05) is 36.5 Å². The highest BCUT2D eigenvalue weighted by molar-refractivity contribution is 6.24. The maximum atomic E-state index is 13.2. The third-order valence-corrected chi connectivity index (χ3v) is 6.58. The first kappa shape index (κ1) is 21.3. The van der Waals surface area contributed by atoms with Gasteiger partial charge in [-0.3, -0.25) is 34.4 Å². The van der Waals surface area contributed by atoms with Gasteiger partial charge < -0.3 is 10.6 Å². The number of hydrogen-bond donors (Lipinski definition) is 3. The number of hydrogen-bond acceptors (Lipinski definition) is 7. The number of rotatable bonds is 5. The molecule has 5 rings (SSSR count). The monoisotopic (exact) mass is 447 g/mol. The Morgan fingerprint density at radius 3 is 2.64 bits per heavy atom. The predicted octanol–water partition coefficient (Wildman–Crippen LogP) is 1.56. The lowest BCUT2D eigenvalue weighted by molar-refractivity contribution is -0.136. The molecule has 1 atom stereocenters. The second-order valence-electron chi connectivity index (χ2n) is 8.63. The van der Waals surface area contributed by atoms with Crippen LogP contribution in [0, 0.1) is 0 Å². The molecular formula is C24H25N5O4. The number of pyridine rings is 1. The highest BCUT2D eigenvalue weighted by atomic mass is 16.2. The summed E-state index contributed by atoms with van der Waals surface area (Å²) >= 11 is 0. The molecule has 4 heterocycles. The zero-order chi connectivity index (χ0) is 22.9. The smallest absolute Gasteiger partial charge is 0.262 e. The highest BCUT2D eigenvalue weighted by Gasteiger charge is 2.45. The van der Waals surface area contributed by atoms with Crippen LogP contribution in [0.4, 0.5) is 5.69 Å². The van der Waals surface area contributed by atoms with Crippen molar-refractivity contribution in [1.82, 2.24) is 20.5 Å². The molecule has 3 aliphatic heterocycles. The Balaban J connectivity index is 1.35. The first-order valence-corrected chi connectivity index (χ1v) is 11.3. The Morgan fingerprint density at radius 2 is 1.85 bits per heavy atom. The molecule has 0 aliphatic carbocycles. The van der Waals surface area contributed by atoms with Crippen molar-refractivity contribution in [3.63, 3.8) is 0 Å². The van der Waals surface area contributed by atoms with E-state index >= 15 is 0 Å². The minimum atomic E-state index is -0.969. The summed E-state index contributed by atoms with van der Waals surface area (Å²) in [6.07, 6.45) is 4.12. The van der Waals surface area contributed by atoms with E-state index in [0.717, 1.165) is 42.2 Å². The molecule has 0 radical (unpaired) electrons. The van der Waals surface area contributed by atoms with Crippen LogP contribution in [0.25, 0.3) is 0 Å². The van der Waals surface area contributed by atoms with E-state index in [1.54, 1.807) is 24.4 Å². The van der Waals surface area contributed by atoms with E-state index in [2.05, 4.69) is 20.9 Å². The van der Waals surface area contributed by atoms with E-state index < -0.39 is 23.8 Å². The van der Waals surface area contributed by atoms with E-state index in [0.29, 0.717) is 23.6 Å².